The van der Waals surface area contributed by atoms with E-state index in [9.17, 15) is 0 Å². The SMILES string of the molecule is CN=C(SC)SCc1ccccc1. The molecule has 1 nitrogen and oxygen atoms in total. The monoisotopic (exact) mass is 211 g/mol. The third-order valence-corrected chi connectivity index (χ3v) is 3.85. The quantitative estimate of drug-likeness (QED) is 0.550. The average Bonchev–Trinajstić information content (AvgIpc) is 2.21. The molecule has 0 bridgehead atoms. The predicted molar refractivity (Wildman–Crippen MR) is 64.6 cm³/mol. The molecule has 1 aromatic carbocycles. The lowest BCUT2D eigenvalue weighted by Crippen LogP contribution is -1.86. The molecule has 0 unspecified atom stereocenters. The number of benzene rings is 1. The van der Waals surface area contributed by atoms with Crippen molar-refractivity contribution < 1.29 is 0 Å². The second kappa shape index (κ2) is 6.11. The Bertz CT molecular complexity index is 270. The summed E-state index contributed by atoms with van der Waals surface area (Å²) in [6.45, 7) is 0. The first-order valence-corrected chi connectivity index (χ1v) is 6.25. The zero-order chi connectivity index (χ0) is 9.52. The van der Waals surface area contributed by atoms with E-state index in [1.54, 1.807) is 23.5 Å². The van der Waals surface area contributed by atoms with Gasteiger partial charge < -0.3 is 0 Å². The lowest BCUT2D eigenvalue weighted by Gasteiger charge is -2.01. The minimum atomic E-state index is 1.01. The Morgan fingerprint density at radius 2 is 2.00 bits per heavy atom. The predicted octanol–water partition coefficient (Wildman–Crippen LogP) is 3.27. The van der Waals surface area contributed by atoms with Crippen molar-refractivity contribution in [1.82, 2.24) is 0 Å². The third-order valence-electron chi connectivity index (χ3n) is 1.56. The first-order chi connectivity index (χ1) is 6.36. The number of hydrogen-bond acceptors (Lipinski definition) is 3. The second-order valence-electron chi connectivity index (χ2n) is 2.47. The molecule has 0 atom stereocenters. The molecule has 0 aliphatic rings. The standard InChI is InChI=1S/C10H13NS2/c1-11-10(12-2)13-8-9-6-4-3-5-7-9/h3-7H,8H2,1-2H3. The van der Waals surface area contributed by atoms with Crippen LogP contribution in [-0.4, -0.2) is 17.7 Å². The van der Waals surface area contributed by atoms with E-state index in [2.05, 4.69) is 35.5 Å². The van der Waals surface area contributed by atoms with Crippen LogP contribution in [0.15, 0.2) is 35.3 Å². The number of thioether (sulfide) groups is 2. The molecule has 0 saturated heterocycles. The second-order valence-corrected chi connectivity index (χ2v) is 4.49. The van der Waals surface area contributed by atoms with Crippen molar-refractivity contribution >= 4 is 27.9 Å². The summed E-state index contributed by atoms with van der Waals surface area (Å²) in [5.41, 5.74) is 1.35. The maximum Gasteiger partial charge on any atom is 0.124 e. The van der Waals surface area contributed by atoms with Crippen molar-refractivity contribution in [2.24, 2.45) is 4.99 Å². The van der Waals surface area contributed by atoms with Crippen molar-refractivity contribution in [3.63, 3.8) is 0 Å². The first kappa shape index (κ1) is 10.7. The molecule has 3 heteroatoms. The highest BCUT2D eigenvalue weighted by molar-refractivity contribution is 8.38. The van der Waals surface area contributed by atoms with E-state index in [1.165, 1.54) is 5.56 Å². The largest absolute Gasteiger partial charge is 0.275 e. The van der Waals surface area contributed by atoms with Crippen LogP contribution >= 0.6 is 23.5 Å². The van der Waals surface area contributed by atoms with Crippen molar-refractivity contribution in [3.8, 4) is 0 Å². The van der Waals surface area contributed by atoms with E-state index < -0.39 is 0 Å². The molecule has 0 fully saturated rings. The molecule has 13 heavy (non-hydrogen) atoms. The zero-order valence-corrected chi connectivity index (χ0v) is 9.49. The fraction of sp³-hybridized carbons (Fsp3) is 0.300. The summed E-state index contributed by atoms with van der Waals surface area (Å²) in [6, 6.07) is 10.5. The van der Waals surface area contributed by atoms with Gasteiger partial charge in [-0.05, 0) is 11.8 Å². The zero-order valence-electron chi connectivity index (χ0n) is 7.86. The first-order valence-electron chi connectivity index (χ1n) is 4.04. The van der Waals surface area contributed by atoms with E-state index in [0.717, 1.165) is 10.1 Å². The van der Waals surface area contributed by atoms with E-state index in [-0.39, 0.29) is 0 Å². The van der Waals surface area contributed by atoms with Crippen LogP contribution in [0.5, 0.6) is 0 Å². The summed E-state index contributed by atoms with van der Waals surface area (Å²) in [5, 5.41) is 0. The van der Waals surface area contributed by atoms with Crippen LogP contribution in [0.1, 0.15) is 5.56 Å². The van der Waals surface area contributed by atoms with Gasteiger partial charge in [0.15, 0.2) is 0 Å². The number of nitrogens with zero attached hydrogens (tertiary/aromatic N) is 1. The highest BCUT2D eigenvalue weighted by Gasteiger charge is 1.97. The van der Waals surface area contributed by atoms with Crippen LogP contribution in [-0.2, 0) is 5.75 Å². The molecule has 1 rings (SSSR count). The van der Waals surface area contributed by atoms with Gasteiger partial charge in [0, 0.05) is 12.8 Å². The van der Waals surface area contributed by atoms with Gasteiger partial charge in [-0.1, -0.05) is 42.1 Å². The lowest BCUT2D eigenvalue weighted by molar-refractivity contribution is 1.42. The summed E-state index contributed by atoms with van der Waals surface area (Å²) in [5.74, 6) is 1.01. The minimum Gasteiger partial charge on any atom is -0.275 e. The highest BCUT2D eigenvalue weighted by atomic mass is 32.2. The van der Waals surface area contributed by atoms with Gasteiger partial charge in [-0.15, -0.1) is 11.8 Å². The molecule has 0 aromatic heterocycles. The Hall–Kier alpha value is -0.410. The minimum absolute atomic E-state index is 1.01. The van der Waals surface area contributed by atoms with Gasteiger partial charge in [-0.2, -0.15) is 0 Å². The fourth-order valence-electron chi connectivity index (χ4n) is 0.934. The number of rotatable bonds is 2. The van der Waals surface area contributed by atoms with Gasteiger partial charge in [0.25, 0.3) is 0 Å². The van der Waals surface area contributed by atoms with Crippen LogP contribution in [0.2, 0.25) is 0 Å². The van der Waals surface area contributed by atoms with Crippen LogP contribution in [0.4, 0.5) is 0 Å². The summed E-state index contributed by atoms with van der Waals surface area (Å²) >= 11 is 3.49. The molecule has 0 N–H and O–H groups in total. The molecular formula is C10H13NS2. The van der Waals surface area contributed by atoms with Gasteiger partial charge in [0.05, 0.1) is 0 Å². The number of aliphatic imine (C=N–C) groups is 1. The molecule has 0 aliphatic heterocycles. The topological polar surface area (TPSA) is 12.4 Å². The summed E-state index contributed by atoms with van der Waals surface area (Å²) in [6.07, 6.45) is 2.06. The summed E-state index contributed by atoms with van der Waals surface area (Å²) in [4.78, 5) is 4.16. The molecule has 0 saturated carbocycles. The van der Waals surface area contributed by atoms with E-state index in [4.69, 9.17) is 0 Å². The molecule has 70 valence electrons. The molecule has 0 heterocycles. The Labute approximate surface area is 88.0 Å². The van der Waals surface area contributed by atoms with Gasteiger partial charge in [0.1, 0.15) is 4.38 Å². The molecule has 1 aromatic rings. The smallest absolute Gasteiger partial charge is 0.124 e. The Morgan fingerprint density at radius 1 is 1.31 bits per heavy atom. The van der Waals surface area contributed by atoms with Crippen molar-refractivity contribution in [1.29, 1.82) is 0 Å². The number of hydrogen-bond donors (Lipinski definition) is 0. The summed E-state index contributed by atoms with van der Waals surface area (Å²) < 4.78 is 1.14. The van der Waals surface area contributed by atoms with Gasteiger partial charge in [-0.25, -0.2) is 0 Å². The van der Waals surface area contributed by atoms with Crippen LogP contribution < -0.4 is 0 Å². The molecule has 0 spiro atoms. The lowest BCUT2D eigenvalue weighted by atomic mass is 10.2. The van der Waals surface area contributed by atoms with Gasteiger partial charge in [-0.3, -0.25) is 4.99 Å². The van der Waals surface area contributed by atoms with E-state index >= 15 is 0 Å². The normalized spacial score (nSPS) is 11.7. The summed E-state index contributed by atoms with van der Waals surface area (Å²) in [7, 11) is 1.84. The van der Waals surface area contributed by atoms with Crippen molar-refractivity contribution in [2.75, 3.05) is 13.3 Å². The molecule has 0 aliphatic carbocycles. The van der Waals surface area contributed by atoms with E-state index in [0.29, 0.717) is 0 Å². The Morgan fingerprint density at radius 3 is 2.54 bits per heavy atom. The highest BCUT2D eigenvalue weighted by Crippen LogP contribution is 2.19. The molecular weight excluding hydrogens is 198 g/mol. The maximum atomic E-state index is 4.16. The Balaban J connectivity index is 2.43. The molecule has 0 amide bonds. The third kappa shape index (κ3) is 3.87. The van der Waals surface area contributed by atoms with Crippen molar-refractivity contribution in [2.45, 2.75) is 5.75 Å². The maximum absolute atomic E-state index is 4.16. The van der Waals surface area contributed by atoms with Crippen LogP contribution in [0.25, 0.3) is 0 Å². The molecule has 0 radical (unpaired) electrons. The van der Waals surface area contributed by atoms with Gasteiger partial charge >= 0.3 is 0 Å². The van der Waals surface area contributed by atoms with Crippen LogP contribution in [0.3, 0.4) is 0 Å². The van der Waals surface area contributed by atoms with E-state index in [1.807, 2.05) is 13.1 Å². The van der Waals surface area contributed by atoms with Gasteiger partial charge in [0.2, 0.25) is 0 Å². The van der Waals surface area contributed by atoms with Crippen molar-refractivity contribution in [3.05, 3.63) is 35.9 Å². The Kier molecular flexibility index (Phi) is 5.01. The average molecular weight is 211 g/mol. The fourth-order valence-corrected chi connectivity index (χ4v) is 2.38. The van der Waals surface area contributed by atoms with Crippen LogP contribution in [0, 0.1) is 0 Å².